The van der Waals surface area contributed by atoms with Crippen molar-refractivity contribution in [2.75, 3.05) is 0 Å². The van der Waals surface area contributed by atoms with Crippen LogP contribution in [0.4, 0.5) is 0 Å². The van der Waals surface area contributed by atoms with Crippen LogP contribution in [0.3, 0.4) is 0 Å². The van der Waals surface area contributed by atoms with E-state index < -0.39 is 0 Å². The topological polar surface area (TPSA) is 43.1 Å². The van der Waals surface area contributed by atoms with Crippen molar-refractivity contribution in [2.45, 2.75) is 19.8 Å². The van der Waals surface area contributed by atoms with Gasteiger partial charge in [0.25, 0.3) is 0 Å². The molecule has 0 radical (unpaired) electrons. The second-order valence-electron chi connectivity index (χ2n) is 3.83. The monoisotopic (exact) mass is 212 g/mol. The van der Waals surface area contributed by atoms with Gasteiger partial charge in [0.15, 0.2) is 11.5 Å². The maximum Gasteiger partial charge on any atom is 0.185 e. The minimum atomic E-state index is 0.849. The molecule has 1 aromatic carbocycles. The molecule has 0 amide bonds. The standard InChI is InChI=1S/C12H12N4/c1-2-5-11-14-15-12-10-7-4-3-6-9(10)8-13-16(11)12/h3-4,6-8H,2,5H2,1H3. The minimum Gasteiger partial charge on any atom is -0.197 e. The van der Waals surface area contributed by atoms with Crippen molar-refractivity contribution in [1.29, 1.82) is 0 Å². The van der Waals surface area contributed by atoms with Crippen molar-refractivity contribution in [3.8, 4) is 0 Å². The van der Waals surface area contributed by atoms with Crippen molar-refractivity contribution in [2.24, 2.45) is 0 Å². The summed E-state index contributed by atoms with van der Waals surface area (Å²) in [6, 6.07) is 8.10. The van der Waals surface area contributed by atoms with Crippen LogP contribution >= 0.6 is 0 Å². The van der Waals surface area contributed by atoms with Gasteiger partial charge in [-0.2, -0.15) is 9.61 Å². The first kappa shape index (κ1) is 9.27. The lowest BCUT2D eigenvalue weighted by molar-refractivity contribution is 0.772. The first-order chi connectivity index (χ1) is 7.90. The van der Waals surface area contributed by atoms with Gasteiger partial charge in [0, 0.05) is 17.2 Å². The Labute approximate surface area is 92.9 Å². The van der Waals surface area contributed by atoms with E-state index in [9.17, 15) is 0 Å². The largest absolute Gasteiger partial charge is 0.197 e. The van der Waals surface area contributed by atoms with Crippen LogP contribution in [0.15, 0.2) is 30.5 Å². The molecule has 4 nitrogen and oxygen atoms in total. The van der Waals surface area contributed by atoms with Crippen LogP contribution in [0.5, 0.6) is 0 Å². The second kappa shape index (κ2) is 3.56. The van der Waals surface area contributed by atoms with Gasteiger partial charge in [-0.15, -0.1) is 10.2 Å². The van der Waals surface area contributed by atoms with E-state index >= 15 is 0 Å². The average molecular weight is 212 g/mol. The molecule has 0 unspecified atom stereocenters. The molecule has 0 aliphatic heterocycles. The normalized spacial score (nSPS) is 11.3. The molecule has 3 rings (SSSR count). The summed E-state index contributed by atoms with van der Waals surface area (Å²) in [6.07, 6.45) is 3.83. The molecule has 0 bridgehead atoms. The molecule has 0 fully saturated rings. The number of hydrogen-bond acceptors (Lipinski definition) is 3. The predicted molar refractivity (Wildman–Crippen MR) is 62.3 cm³/mol. The van der Waals surface area contributed by atoms with Crippen LogP contribution in [0.2, 0.25) is 0 Å². The molecule has 0 aliphatic carbocycles. The van der Waals surface area contributed by atoms with Crippen molar-refractivity contribution in [3.05, 3.63) is 36.3 Å². The number of fused-ring (bicyclic) bond motifs is 3. The zero-order valence-corrected chi connectivity index (χ0v) is 9.09. The molecule has 0 atom stereocenters. The SMILES string of the molecule is CCCc1nnc2c3ccccc3cnn12. The third-order valence-corrected chi connectivity index (χ3v) is 2.69. The Morgan fingerprint density at radius 1 is 1.19 bits per heavy atom. The van der Waals surface area contributed by atoms with Crippen LogP contribution < -0.4 is 0 Å². The molecular formula is C12H12N4. The van der Waals surface area contributed by atoms with Crippen LogP contribution in [0.25, 0.3) is 16.4 Å². The number of rotatable bonds is 2. The average Bonchev–Trinajstić information content (AvgIpc) is 2.73. The van der Waals surface area contributed by atoms with Crippen molar-refractivity contribution in [3.63, 3.8) is 0 Å². The lowest BCUT2D eigenvalue weighted by Gasteiger charge is -1.99. The lowest BCUT2D eigenvalue weighted by Crippen LogP contribution is -1.98. The van der Waals surface area contributed by atoms with Gasteiger partial charge in [-0.25, -0.2) is 0 Å². The highest BCUT2D eigenvalue weighted by Crippen LogP contribution is 2.17. The Balaban J connectivity index is 2.36. The molecule has 4 heteroatoms. The lowest BCUT2D eigenvalue weighted by atomic mass is 10.2. The number of nitrogens with zero attached hydrogens (tertiary/aromatic N) is 4. The summed E-state index contributed by atoms with van der Waals surface area (Å²) in [5.74, 6) is 0.934. The van der Waals surface area contributed by atoms with Gasteiger partial charge in [-0.05, 0) is 6.42 Å². The van der Waals surface area contributed by atoms with E-state index in [1.54, 1.807) is 0 Å². The zero-order chi connectivity index (χ0) is 11.0. The molecule has 0 aliphatic rings. The number of benzene rings is 1. The Morgan fingerprint density at radius 3 is 2.94 bits per heavy atom. The van der Waals surface area contributed by atoms with Gasteiger partial charge < -0.3 is 0 Å². The van der Waals surface area contributed by atoms with E-state index in [1.165, 1.54) is 0 Å². The van der Waals surface area contributed by atoms with Gasteiger partial charge in [0.05, 0.1) is 6.20 Å². The minimum absolute atomic E-state index is 0.849. The third-order valence-electron chi connectivity index (χ3n) is 2.69. The van der Waals surface area contributed by atoms with Gasteiger partial charge in [0.2, 0.25) is 0 Å². The third kappa shape index (κ3) is 1.26. The van der Waals surface area contributed by atoms with Gasteiger partial charge in [-0.3, -0.25) is 0 Å². The van der Waals surface area contributed by atoms with Crippen LogP contribution in [-0.4, -0.2) is 19.8 Å². The fourth-order valence-electron chi connectivity index (χ4n) is 1.91. The van der Waals surface area contributed by atoms with Crippen molar-refractivity contribution in [1.82, 2.24) is 19.8 Å². The fourth-order valence-corrected chi connectivity index (χ4v) is 1.91. The molecule has 0 N–H and O–H groups in total. The highest BCUT2D eigenvalue weighted by Gasteiger charge is 2.08. The molecular weight excluding hydrogens is 200 g/mol. The van der Waals surface area contributed by atoms with E-state index in [-0.39, 0.29) is 0 Å². The van der Waals surface area contributed by atoms with Gasteiger partial charge >= 0.3 is 0 Å². The summed E-state index contributed by atoms with van der Waals surface area (Å²) < 4.78 is 1.84. The molecule has 2 aromatic heterocycles. The van der Waals surface area contributed by atoms with E-state index in [1.807, 2.05) is 28.9 Å². The Kier molecular flexibility index (Phi) is 2.06. The van der Waals surface area contributed by atoms with Gasteiger partial charge in [0.1, 0.15) is 0 Å². The first-order valence-corrected chi connectivity index (χ1v) is 5.48. The maximum absolute atomic E-state index is 4.38. The molecule has 16 heavy (non-hydrogen) atoms. The fraction of sp³-hybridized carbons (Fsp3) is 0.250. The van der Waals surface area contributed by atoms with E-state index in [2.05, 4.69) is 28.3 Å². The molecule has 3 aromatic rings. The predicted octanol–water partition coefficient (Wildman–Crippen LogP) is 2.23. The zero-order valence-electron chi connectivity index (χ0n) is 9.09. The van der Waals surface area contributed by atoms with E-state index in [4.69, 9.17) is 0 Å². The summed E-state index contributed by atoms with van der Waals surface area (Å²) in [7, 11) is 0. The highest BCUT2D eigenvalue weighted by atomic mass is 15.4. The summed E-state index contributed by atoms with van der Waals surface area (Å²) in [5.41, 5.74) is 0.849. The van der Waals surface area contributed by atoms with Crippen molar-refractivity contribution < 1.29 is 0 Å². The van der Waals surface area contributed by atoms with Gasteiger partial charge in [-0.1, -0.05) is 31.2 Å². The summed E-state index contributed by atoms with van der Waals surface area (Å²) in [6.45, 7) is 2.13. The molecule has 80 valence electrons. The van der Waals surface area contributed by atoms with Crippen LogP contribution in [-0.2, 0) is 6.42 Å². The summed E-state index contributed by atoms with van der Waals surface area (Å²) in [5, 5.41) is 15.0. The van der Waals surface area contributed by atoms with Crippen LogP contribution in [0, 0.1) is 0 Å². The Hall–Kier alpha value is -1.97. The number of aryl methyl sites for hydroxylation is 1. The summed E-state index contributed by atoms with van der Waals surface area (Å²) in [4.78, 5) is 0. The van der Waals surface area contributed by atoms with E-state index in [0.29, 0.717) is 0 Å². The highest BCUT2D eigenvalue weighted by molar-refractivity contribution is 5.92. The van der Waals surface area contributed by atoms with Crippen LogP contribution in [0.1, 0.15) is 19.2 Å². The number of aromatic nitrogens is 4. The van der Waals surface area contributed by atoms with E-state index in [0.717, 1.165) is 35.1 Å². The molecule has 2 heterocycles. The molecule has 0 saturated carbocycles. The number of hydrogen-bond donors (Lipinski definition) is 0. The molecule has 0 spiro atoms. The Bertz CT molecular complexity index is 642. The summed E-state index contributed by atoms with van der Waals surface area (Å²) >= 11 is 0. The molecule has 0 saturated heterocycles. The first-order valence-electron chi connectivity index (χ1n) is 5.48. The van der Waals surface area contributed by atoms with Crippen molar-refractivity contribution >= 4 is 16.4 Å². The Morgan fingerprint density at radius 2 is 2.06 bits per heavy atom. The maximum atomic E-state index is 4.38. The quantitative estimate of drug-likeness (QED) is 0.654. The second-order valence-corrected chi connectivity index (χ2v) is 3.83. The smallest absolute Gasteiger partial charge is 0.185 e.